The van der Waals surface area contributed by atoms with Crippen molar-refractivity contribution in [2.45, 2.75) is 123 Å². The van der Waals surface area contributed by atoms with Crippen molar-refractivity contribution in [2.75, 3.05) is 19.6 Å². The molecule has 0 amide bonds. The summed E-state index contributed by atoms with van der Waals surface area (Å²) in [5, 5.41) is 10.2. The first-order valence-corrected chi connectivity index (χ1v) is 12.4. The molecule has 1 aliphatic rings. The Balaban J connectivity index is 1.92. The van der Waals surface area contributed by atoms with Crippen molar-refractivity contribution in [1.29, 1.82) is 0 Å². The first-order chi connectivity index (χ1) is 13.7. The highest BCUT2D eigenvalue weighted by Gasteiger charge is 2.40. The van der Waals surface area contributed by atoms with Crippen LogP contribution in [0.5, 0.6) is 0 Å². The summed E-state index contributed by atoms with van der Waals surface area (Å²) in [6, 6.07) is 0. The number of rotatable bonds is 18. The number of hydrogen-bond donors (Lipinski definition) is 1. The summed E-state index contributed by atoms with van der Waals surface area (Å²) in [7, 11) is 0. The van der Waals surface area contributed by atoms with Gasteiger partial charge in [0.25, 0.3) is 0 Å². The number of aliphatic imine (C=N–C) groups is 1. The minimum absolute atomic E-state index is 0.318. The molecule has 2 unspecified atom stereocenters. The van der Waals surface area contributed by atoms with Crippen LogP contribution in [0.15, 0.2) is 17.1 Å². The van der Waals surface area contributed by atoms with E-state index >= 15 is 0 Å². The quantitative estimate of drug-likeness (QED) is 0.152. The largest absolute Gasteiger partial charge is 0.345 e. The van der Waals surface area contributed by atoms with Crippen molar-refractivity contribution in [2.24, 2.45) is 4.99 Å². The Kier molecular flexibility index (Phi) is 14.6. The lowest BCUT2D eigenvalue weighted by molar-refractivity contribution is -0.882. The summed E-state index contributed by atoms with van der Waals surface area (Å²) in [6.45, 7) is 9.21. The van der Waals surface area contributed by atoms with E-state index in [2.05, 4.69) is 26.0 Å². The Morgan fingerprint density at radius 3 is 1.93 bits per heavy atom. The fourth-order valence-corrected chi connectivity index (χ4v) is 4.47. The van der Waals surface area contributed by atoms with Crippen LogP contribution in [0.4, 0.5) is 0 Å². The van der Waals surface area contributed by atoms with Crippen LogP contribution >= 0.6 is 0 Å². The van der Waals surface area contributed by atoms with Gasteiger partial charge in [0.15, 0.2) is 6.23 Å². The molecule has 0 radical (unpaired) electrons. The van der Waals surface area contributed by atoms with Crippen LogP contribution in [0.25, 0.3) is 0 Å². The number of aliphatic hydroxyl groups excluding tert-OH is 1. The Bertz CT molecular complexity index is 430. The van der Waals surface area contributed by atoms with Gasteiger partial charge in [-0.15, -0.1) is 0 Å². The van der Waals surface area contributed by atoms with E-state index in [-0.39, 0.29) is 6.23 Å². The minimum Gasteiger partial charge on any atom is -0.345 e. The Morgan fingerprint density at radius 1 is 0.857 bits per heavy atom. The molecule has 0 aromatic heterocycles. The van der Waals surface area contributed by atoms with Gasteiger partial charge in [-0.05, 0) is 39.0 Å². The fraction of sp³-hybridized carbons (Fsp3) is 0.880. The van der Waals surface area contributed by atoms with E-state index in [0.717, 1.165) is 26.1 Å². The van der Waals surface area contributed by atoms with Crippen molar-refractivity contribution < 1.29 is 9.59 Å². The highest BCUT2D eigenvalue weighted by molar-refractivity contribution is 5.76. The van der Waals surface area contributed by atoms with Gasteiger partial charge in [0.05, 0.1) is 13.1 Å². The highest BCUT2D eigenvalue weighted by atomic mass is 16.3. The molecule has 0 spiro atoms. The van der Waals surface area contributed by atoms with Crippen LogP contribution in [-0.4, -0.2) is 41.3 Å². The standard InChI is InChI=1S/C25H49N2O/c1-4-6-7-8-9-10-11-12-13-14-15-16-17-18-19-20-21-25-26-22-23-27(25,5-2)24(3)28/h11-12,24,28H,4-10,13-23H2,1-3H3/q+1/b12-11+. The lowest BCUT2D eigenvalue weighted by atomic mass is 10.1. The zero-order valence-corrected chi connectivity index (χ0v) is 19.3. The van der Waals surface area contributed by atoms with Gasteiger partial charge < -0.3 is 5.11 Å². The third-order valence-electron chi connectivity index (χ3n) is 6.50. The zero-order chi connectivity index (χ0) is 20.5. The molecule has 0 saturated carbocycles. The second-order valence-electron chi connectivity index (χ2n) is 8.69. The molecule has 164 valence electrons. The Labute approximate surface area is 175 Å². The second-order valence-corrected chi connectivity index (χ2v) is 8.69. The maximum absolute atomic E-state index is 10.2. The first kappa shape index (κ1) is 25.4. The maximum Gasteiger partial charge on any atom is 0.200 e. The van der Waals surface area contributed by atoms with Gasteiger partial charge in [-0.25, -0.2) is 4.99 Å². The van der Waals surface area contributed by atoms with Crippen molar-refractivity contribution in [1.82, 2.24) is 0 Å². The van der Waals surface area contributed by atoms with Gasteiger partial charge in [0.2, 0.25) is 5.84 Å². The SMILES string of the molecule is CCCCCCC/C=C/CCCCCCCCCC1=NCC[N+]1(CC)C(C)O. The van der Waals surface area contributed by atoms with Gasteiger partial charge in [-0.3, -0.25) is 4.48 Å². The van der Waals surface area contributed by atoms with E-state index in [1.54, 1.807) is 0 Å². The van der Waals surface area contributed by atoms with Gasteiger partial charge in [-0.2, -0.15) is 0 Å². The molecule has 3 heteroatoms. The van der Waals surface area contributed by atoms with Crippen molar-refractivity contribution in [3.8, 4) is 0 Å². The van der Waals surface area contributed by atoms with Crippen molar-refractivity contribution in [3.05, 3.63) is 12.2 Å². The Hall–Kier alpha value is -0.670. The summed E-state index contributed by atoms with van der Waals surface area (Å²) in [5.41, 5.74) is 0. The second kappa shape index (κ2) is 16.2. The predicted octanol–water partition coefficient (Wildman–Crippen LogP) is 7.00. The number of aliphatic hydroxyl groups is 1. The number of amidine groups is 1. The average Bonchev–Trinajstić information content (AvgIpc) is 3.12. The molecule has 0 aromatic carbocycles. The molecule has 0 bridgehead atoms. The molecule has 1 N–H and O–H groups in total. The maximum atomic E-state index is 10.2. The lowest BCUT2D eigenvalue weighted by Gasteiger charge is -2.36. The van der Waals surface area contributed by atoms with E-state index in [4.69, 9.17) is 4.99 Å². The predicted molar refractivity (Wildman–Crippen MR) is 124 cm³/mol. The average molecular weight is 394 g/mol. The van der Waals surface area contributed by atoms with Crippen LogP contribution < -0.4 is 0 Å². The fourth-order valence-electron chi connectivity index (χ4n) is 4.47. The summed E-state index contributed by atoms with van der Waals surface area (Å²) in [4.78, 5) is 4.71. The third-order valence-corrected chi connectivity index (χ3v) is 6.50. The van der Waals surface area contributed by atoms with Gasteiger partial charge in [0, 0.05) is 13.3 Å². The molecule has 28 heavy (non-hydrogen) atoms. The number of hydrogen-bond acceptors (Lipinski definition) is 2. The molecular weight excluding hydrogens is 344 g/mol. The van der Waals surface area contributed by atoms with E-state index in [1.807, 2.05) is 6.92 Å². The molecule has 0 fully saturated rings. The van der Waals surface area contributed by atoms with Crippen molar-refractivity contribution >= 4 is 5.84 Å². The molecule has 0 aliphatic carbocycles. The minimum atomic E-state index is -0.318. The van der Waals surface area contributed by atoms with Crippen LogP contribution in [0.2, 0.25) is 0 Å². The summed E-state index contributed by atoms with van der Waals surface area (Å²) in [6.07, 6.45) is 24.4. The Morgan fingerprint density at radius 2 is 1.39 bits per heavy atom. The van der Waals surface area contributed by atoms with E-state index in [0.29, 0.717) is 4.48 Å². The third kappa shape index (κ3) is 9.69. The lowest BCUT2D eigenvalue weighted by Crippen LogP contribution is -2.56. The van der Waals surface area contributed by atoms with Crippen molar-refractivity contribution in [3.63, 3.8) is 0 Å². The zero-order valence-electron chi connectivity index (χ0n) is 19.3. The molecule has 0 aromatic rings. The topological polar surface area (TPSA) is 32.6 Å². The number of quaternary nitrogens is 1. The van der Waals surface area contributed by atoms with E-state index in [1.165, 1.54) is 95.7 Å². The van der Waals surface area contributed by atoms with Crippen LogP contribution in [-0.2, 0) is 0 Å². The molecule has 2 atom stereocenters. The number of unbranched alkanes of at least 4 members (excludes halogenated alkanes) is 12. The van der Waals surface area contributed by atoms with Gasteiger partial charge in [-0.1, -0.05) is 76.9 Å². The van der Waals surface area contributed by atoms with Crippen LogP contribution in [0, 0.1) is 0 Å². The molecular formula is C25H49N2O+. The van der Waals surface area contributed by atoms with E-state index < -0.39 is 0 Å². The highest BCUT2D eigenvalue weighted by Crippen LogP contribution is 2.23. The summed E-state index contributed by atoms with van der Waals surface area (Å²) in [5.74, 6) is 1.25. The monoisotopic (exact) mass is 393 g/mol. The van der Waals surface area contributed by atoms with Crippen LogP contribution in [0.1, 0.15) is 117 Å². The van der Waals surface area contributed by atoms with Gasteiger partial charge in [0.1, 0.15) is 6.54 Å². The van der Waals surface area contributed by atoms with Crippen LogP contribution in [0.3, 0.4) is 0 Å². The molecule has 1 rings (SSSR count). The first-order valence-electron chi connectivity index (χ1n) is 12.4. The number of allylic oxidation sites excluding steroid dienone is 2. The smallest absolute Gasteiger partial charge is 0.200 e. The van der Waals surface area contributed by atoms with Gasteiger partial charge >= 0.3 is 0 Å². The molecule has 3 nitrogen and oxygen atoms in total. The molecule has 1 aliphatic heterocycles. The number of nitrogens with zero attached hydrogens (tertiary/aromatic N) is 2. The number of likely N-dealkylation sites (N-methyl/N-ethyl adjacent to an activating group) is 1. The molecule has 1 heterocycles. The summed E-state index contributed by atoms with van der Waals surface area (Å²) < 4.78 is 0.715. The van der Waals surface area contributed by atoms with E-state index in [9.17, 15) is 5.11 Å². The molecule has 0 saturated heterocycles. The summed E-state index contributed by atoms with van der Waals surface area (Å²) >= 11 is 0. The normalized spacial score (nSPS) is 20.8.